The summed E-state index contributed by atoms with van der Waals surface area (Å²) in [6.07, 6.45) is 7.65. The van der Waals surface area contributed by atoms with E-state index in [0.29, 0.717) is 42.9 Å². The van der Waals surface area contributed by atoms with Crippen LogP contribution in [0.5, 0.6) is 11.6 Å². The highest BCUT2D eigenvalue weighted by molar-refractivity contribution is 7.90. The molecule has 3 heterocycles. The molecule has 2 aliphatic carbocycles. The normalized spacial score (nSPS) is 29.7. The number of hydrogen-bond acceptors (Lipinski definition) is 10. The average Bonchev–Trinajstić information content (AvgIpc) is 4.02. The Kier molecular flexibility index (Phi) is 11.7. The van der Waals surface area contributed by atoms with Gasteiger partial charge in [-0.2, -0.15) is 0 Å². The van der Waals surface area contributed by atoms with Gasteiger partial charge in [0.1, 0.15) is 11.7 Å². The fourth-order valence-electron chi connectivity index (χ4n) is 8.21. The van der Waals surface area contributed by atoms with Gasteiger partial charge >= 0.3 is 5.97 Å². The first-order valence-electron chi connectivity index (χ1n) is 19.6. The minimum atomic E-state index is -3.88. The summed E-state index contributed by atoms with van der Waals surface area (Å²) in [6, 6.07) is 3.51. The van der Waals surface area contributed by atoms with Gasteiger partial charge in [0.2, 0.25) is 27.7 Å². The highest BCUT2D eigenvalue weighted by atomic mass is 32.2. The third-order valence-corrected chi connectivity index (χ3v) is 13.1. The number of benzene rings is 1. The molecule has 300 valence electrons. The predicted octanol–water partition coefficient (Wildman–Crippen LogP) is 6.06. The molecule has 7 atom stereocenters. The average molecular weight is 784 g/mol. The molecule has 1 aromatic carbocycles. The lowest BCUT2D eigenvalue weighted by Crippen LogP contribution is -2.47. The van der Waals surface area contributed by atoms with Crippen molar-refractivity contribution < 1.29 is 46.2 Å². The van der Waals surface area contributed by atoms with Crippen LogP contribution in [0.4, 0.5) is 4.39 Å². The van der Waals surface area contributed by atoms with Gasteiger partial charge in [0, 0.05) is 24.4 Å². The number of carbonyl (C=O) groups is 4. The summed E-state index contributed by atoms with van der Waals surface area (Å²) in [5.74, 6) is -3.64. The molecule has 2 amide bonds. The molecule has 0 unspecified atom stereocenters. The lowest BCUT2D eigenvalue weighted by molar-refractivity contribution is -0.160. The van der Waals surface area contributed by atoms with Crippen molar-refractivity contribution in [2.75, 3.05) is 13.2 Å². The minimum Gasteiger partial charge on any atom is -0.491 e. The number of sulfonamides is 1. The fraction of sp³-hybridized carbons (Fsp3) is 0.634. The first-order valence-corrected chi connectivity index (χ1v) is 21.1. The molecule has 14 heteroatoms. The van der Waals surface area contributed by atoms with Gasteiger partial charge in [0.15, 0.2) is 17.3 Å². The Labute approximate surface area is 323 Å². The van der Waals surface area contributed by atoms with E-state index in [1.165, 1.54) is 17.2 Å². The SMILES string of the molecule is CCOc1cc2ccnc(O[C@@H]3C[C@H]4C(=O)C[C@]5(C(=O)NS(=O)(=O)C6CC6)C[C@H]5/C=C\CC[C@@H](C)C[C@@H](C)[C@H](CC(=O)OC(C)(C)C)C(=O)N4C3)c2cc1F. The number of esters is 1. The van der Waals surface area contributed by atoms with Crippen LogP contribution in [-0.4, -0.2) is 78.0 Å². The van der Waals surface area contributed by atoms with E-state index in [2.05, 4.69) is 16.6 Å². The molecule has 3 fully saturated rings. The molecule has 1 aromatic heterocycles. The second-order valence-electron chi connectivity index (χ2n) is 17.0. The van der Waals surface area contributed by atoms with Gasteiger partial charge in [-0.3, -0.25) is 23.9 Å². The van der Waals surface area contributed by atoms with E-state index >= 15 is 4.39 Å². The Hall–Kier alpha value is -4.07. The number of nitrogens with zero attached hydrogens (tertiary/aromatic N) is 2. The molecule has 0 bridgehead atoms. The molecule has 1 saturated heterocycles. The van der Waals surface area contributed by atoms with E-state index in [-0.39, 0.29) is 61.8 Å². The van der Waals surface area contributed by atoms with E-state index in [1.54, 1.807) is 39.8 Å². The van der Waals surface area contributed by atoms with Crippen molar-refractivity contribution in [2.24, 2.45) is 29.1 Å². The molecule has 55 heavy (non-hydrogen) atoms. The van der Waals surface area contributed by atoms with Crippen molar-refractivity contribution in [1.82, 2.24) is 14.6 Å². The Morgan fingerprint density at radius 2 is 1.85 bits per heavy atom. The maximum absolute atomic E-state index is 15.0. The summed E-state index contributed by atoms with van der Waals surface area (Å²) in [4.78, 5) is 62.4. The standard InChI is InChI=1S/C41H54FN3O9S/c1-7-52-35-17-26-14-15-43-37(31(26)19-32(35)42)53-28-18-33-34(46)22-41(39(49)44-55(50,51)29-12-13-29)21-27(41)11-9-8-10-24(2)16-25(3)30(38(48)45(33)23-28)20-36(47)54-40(4,5)6/h9,11,14-15,17,19,24-25,27-30,33H,7-8,10,12-13,16,18,20-23H2,1-6H3,(H,44,49)/b11-9-/t24-,25-,27-,28-,30+,33+,41-/m1/s1. The number of amides is 2. The van der Waals surface area contributed by atoms with Crippen molar-refractivity contribution in [3.8, 4) is 11.6 Å². The number of fused-ring (bicyclic) bond motifs is 3. The Morgan fingerprint density at radius 3 is 2.55 bits per heavy atom. The van der Waals surface area contributed by atoms with Crippen LogP contribution in [0.25, 0.3) is 10.8 Å². The molecule has 0 radical (unpaired) electrons. The van der Waals surface area contributed by atoms with E-state index in [4.69, 9.17) is 14.2 Å². The van der Waals surface area contributed by atoms with Gasteiger partial charge in [0.25, 0.3) is 0 Å². The third-order valence-electron chi connectivity index (χ3n) is 11.3. The zero-order valence-corrected chi connectivity index (χ0v) is 33.5. The van der Waals surface area contributed by atoms with Crippen LogP contribution < -0.4 is 14.2 Å². The molecular weight excluding hydrogens is 730 g/mol. The van der Waals surface area contributed by atoms with Gasteiger partial charge in [0.05, 0.1) is 42.2 Å². The third kappa shape index (κ3) is 9.32. The van der Waals surface area contributed by atoms with Crippen molar-refractivity contribution >= 4 is 44.4 Å². The largest absolute Gasteiger partial charge is 0.491 e. The monoisotopic (exact) mass is 783 g/mol. The highest BCUT2D eigenvalue weighted by Gasteiger charge is 2.61. The van der Waals surface area contributed by atoms with E-state index < -0.39 is 73.7 Å². The first kappa shape index (κ1) is 40.6. The summed E-state index contributed by atoms with van der Waals surface area (Å²) in [7, 11) is -3.88. The molecule has 6 rings (SSSR count). The predicted molar refractivity (Wildman–Crippen MR) is 203 cm³/mol. The molecule has 2 aromatic rings. The van der Waals surface area contributed by atoms with Crippen molar-refractivity contribution in [3.63, 3.8) is 0 Å². The number of allylic oxidation sites excluding steroid dienone is 2. The molecule has 2 aliphatic heterocycles. The number of carbonyl (C=O) groups excluding carboxylic acids is 4. The zero-order chi connectivity index (χ0) is 39.9. The van der Waals surface area contributed by atoms with Gasteiger partial charge < -0.3 is 19.1 Å². The number of halogens is 1. The number of hydrogen-bond donors (Lipinski definition) is 1. The number of aromatic nitrogens is 1. The van der Waals surface area contributed by atoms with Crippen molar-refractivity contribution in [1.29, 1.82) is 0 Å². The molecule has 2 saturated carbocycles. The zero-order valence-electron chi connectivity index (χ0n) is 32.6. The van der Waals surface area contributed by atoms with E-state index in [1.807, 2.05) is 19.1 Å². The molecule has 0 spiro atoms. The van der Waals surface area contributed by atoms with Crippen LogP contribution in [0.2, 0.25) is 0 Å². The topological polar surface area (TPSA) is 158 Å². The molecular formula is C41H54FN3O9S. The quantitative estimate of drug-likeness (QED) is 0.234. The van der Waals surface area contributed by atoms with Crippen LogP contribution in [0, 0.1) is 34.9 Å². The van der Waals surface area contributed by atoms with Crippen LogP contribution in [0.3, 0.4) is 0 Å². The van der Waals surface area contributed by atoms with E-state index in [9.17, 15) is 27.6 Å². The van der Waals surface area contributed by atoms with E-state index in [0.717, 1.165) is 6.42 Å². The van der Waals surface area contributed by atoms with Gasteiger partial charge in [-0.15, -0.1) is 0 Å². The summed E-state index contributed by atoms with van der Waals surface area (Å²) in [6.45, 7) is 11.3. The highest BCUT2D eigenvalue weighted by Crippen LogP contribution is 2.57. The second kappa shape index (κ2) is 15.8. The molecule has 12 nitrogen and oxygen atoms in total. The Bertz CT molecular complexity index is 1960. The molecule has 1 N–H and O–H groups in total. The Balaban J connectivity index is 1.35. The summed E-state index contributed by atoms with van der Waals surface area (Å²) < 4.78 is 60.6. The molecule has 4 aliphatic rings. The smallest absolute Gasteiger partial charge is 0.307 e. The number of ether oxygens (including phenoxy) is 3. The maximum atomic E-state index is 15.0. The summed E-state index contributed by atoms with van der Waals surface area (Å²) in [5, 5.41) is 0.389. The van der Waals surface area contributed by atoms with Crippen LogP contribution in [0.15, 0.2) is 36.5 Å². The lowest BCUT2D eigenvalue weighted by Gasteiger charge is -2.32. The number of ketones is 1. The first-order chi connectivity index (χ1) is 25.9. The number of pyridine rings is 1. The number of rotatable bonds is 9. The van der Waals surface area contributed by atoms with Crippen molar-refractivity contribution in [3.05, 3.63) is 42.4 Å². The van der Waals surface area contributed by atoms with Crippen molar-refractivity contribution in [2.45, 2.75) is 122 Å². The number of Topliss-reactive ketones (excluding diaryl/α,β-unsaturated/α-hetero) is 1. The maximum Gasteiger partial charge on any atom is 0.307 e. The van der Waals surface area contributed by atoms with Crippen LogP contribution in [0.1, 0.15) is 99.3 Å². The summed E-state index contributed by atoms with van der Waals surface area (Å²) in [5.41, 5.74) is -2.06. The van der Waals surface area contributed by atoms with Crippen LogP contribution >= 0.6 is 0 Å². The minimum absolute atomic E-state index is 0.0293. The van der Waals surface area contributed by atoms with Gasteiger partial charge in [-0.05, 0) is 108 Å². The Morgan fingerprint density at radius 1 is 1.11 bits per heavy atom. The van der Waals surface area contributed by atoms with Gasteiger partial charge in [-0.25, -0.2) is 17.8 Å². The van der Waals surface area contributed by atoms with Crippen LogP contribution in [-0.2, 0) is 33.9 Å². The number of nitrogens with one attached hydrogen (secondary N) is 1. The summed E-state index contributed by atoms with van der Waals surface area (Å²) >= 11 is 0. The van der Waals surface area contributed by atoms with Gasteiger partial charge in [-0.1, -0.05) is 26.0 Å². The second-order valence-corrected chi connectivity index (χ2v) is 19.0. The fourth-order valence-corrected chi connectivity index (χ4v) is 9.60. The lowest BCUT2D eigenvalue weighted by atomic mass is 9.82.